The Bertz CT molecular complexity index is 466. The van der Waals surface area contributed by atoms with E-state index in [0.29, 0.717) is 0 Å². The minimum Gasteiger partial charge on any atom is -0.485 e. The second-order valence-electron chi connectivity index (χ2n) is 6.39. The predicted octanol–water partition coefficient (Wildman–Crippen LogP) is 2.92. The van der Waals surface area contributed by atoms with E-state index in [1.165, 1.54) is 18.4 Å². The second-order valence-corrected chi connectivity index (χ2v) is 6.39. The molecule has 0 amide bonds. The number of hydrogen-bond acceptors (Lipinski definition) is 3. The molecule has 3 nitrogen and oxygen atoms in total. The van der Waals surface area contributed by atoms with Gasteiger partial charge < -0.3 is 14.8 Å². The first-order chi connectivity index (χ1) is 9.03. The maximum absolute atomic E-state index is 6.04. The fraction of sp³-hybridized carbons (Fsp3) is 0.625. The number of benzene rings is 1. The number of hydrogen-bond donors (Lipinski definition) is 1. The number of para-hydroxylation sites is 1. The van der Waals surface area contributed by atoms with Crippen LogP contribution in [0.1, 0.15) is 39.2 Å². The zero-order chi connectivity index (χ0) is 13.5. The third kappa shape index (κ3) is 3.03. The van der Waals surface area contributed by atoms with E-state index in [2.05, 4.69) is 38.2 Å². The van der Waals surface area contributed by atoms with E-state index in [0.717, 1.165) is 30.5 Å². The van der Waals surface area contributed by atoms with Crippen molar-refractivity contribution in [1.82, 2.24) is 5.32 Å². The average Bonchev–Trinajstić information content (AvgIpc) is 3.09. The van der Waals surface area contributed by atoms with Crippen molar-refractivity contribution in [3.05, 3.63) is 23.8 Å². The molecule has 2 aliphatic rings. The van der Waals surface area contributed by atoms with Crippen LogP contribution in [0, 0.1) is 0 Å². The summed E-state index contributed by atoms with van der Waals surface area (Å²) in [6.45, 7) is 7.25. The number of rotatable bonds is 5. The van der Waals surface area contributed by atoms with Crippen molar-refractivity contribution in [1.29, 1.82) is 0 Å². The molecule has 19 heavy (non-hydrogen) atoms. The molecule has 1 heterocycles. The molecule has 1 fully saturated rings. The van der Waals surface area contributed by atoms with Crippen molar-refractivity contribution in [2.24, 2.45) is 0 Å². The van der Waals surface area contributed by atoms with E-state index in [9.17, 15) is 0 Å². The van der Waals surface area contributed by atoms with Crippen molar-refractivity contribution in [2.75, 3.05) is 6.54 Å². The van der Waals surface area contributed by atoms with Crippen LogP contribution in [-0.4, -0.2) is 24.3 Å². The van der Waals surface area contributed by atoms with Gasteiger partial charge >= 0.3 is 0 Å². The third-order valence-corrected chi connectivity index (χ3v) is 3.65. The Labute approximate surface area is 115 Å². The molecular formula is C16H23NO2. The highest BCUT2D eigenvalue weighted by molar-refractivity contribution is 5.50. The fourth-order valence-electron chi connectivity index (χ4n) is 2.56. The van der Waals surface area contributed by atoms with Crippen LogP contribution in [-0.2, 0) is 6.42 Å². The van der Waals surface area contributed by atoms with Crippen molar-refractivity contribution >= 4 is 0 Å². The van der Waals surface area contributed by atoms with Crippen molar-refractivity contribution < 1.29 is 9.47 Å². The number of fused-ring (bicyclic) bond motifs is 1. The zero-order valence-electron chi connectivity index (χ0n) is 12.0. The summed E-state index contributed by atoms with van der Waals surface area (Å²) in [7, 11) is 0. The van der Waals surface area contributed by atoms with Crippen LogP contribution in [0.5, 0.6) is 11.5 Å². The van der Waals surface area contributed by atoms with Gasteiger partial charge in [-0.15, -0.1) is 0 Å². The van der Waals surface area contributed by atoms with E-state index in [1.54, 1.807) is 0 Å². The lowest BCUT2D eigenvalue weighted by Gasteiger charge is -2.20. The first-order valence-corrected chi connectivity index (χ1v) is 7.24. The van der Waals surface area contributed by atoms with Gasteiger partial charge in [-0.25, -0.2) is 0 Å². The summed E-state index contributed by atoms with van der Waals surface area (Å²) in [5.41, 5.74) is 1.14. The summed E-state index contributed by atoms with van der Waals surface area (Å²) in [6, 6.07) is 6.92. The van der Waals surface area contributed by atoms with Crippen LogP contribution in [0.4, 0.5) is 0 Å². The average molecular weight is 261 g/mol. The van der Waals surface area contributed by atoms with Crippen LogP contribution < -0.4 is 14.8 Å². The van der Waals surface area contributed by atoms with Gasteiger partial charge in [0.25, 0.3) is 0 Å². The van der Waals surface area contributed by atoms with Crippen LogP contribution in [0.25, 0.3) is 0 Å². The van der Waals surface area contributed by atoms with E-state index in [-0.39, 0.29) is 11.7 Å². The third-order valence-electron chi connectivity index (χ3n) is 3.65. The van der Waals surface area contributed by atoms with Gasteiger partial charge in [-0.3, -0.25) is 0 Å². The summed E-state index contributed by atoms with van der Waals surface area (Å²) in [6.07, 6.45) is 3.74. The van der Waals surface area contributed by atoms with Gasteiger partial charge in [-0.1, -0.05) is 12.1 Å². The lowest BCUT2D eigenvalue weighted by atomic mass is 10.0. The standard InChI is InChI=1S/C16H23NO2/c1-11(10-17-13-7-8-13)18-14-6-4-5-12-9-16(2,3)19-15(12)14/h4-6,11,13,17H,7-10H2,1-3H3. The SMILES string of the molecule is CC(CNC1CC1)Oc1cccc2c1OC(C)(C)C2. The van der Waals surface area contributed by atoms with Gasteiger partial charge in [0.05, 0.1) is 0 Å². The van der Waals surface area contributed by atoms with Crippen molar-refractivity contribution in [3.8, 4) is 11.5 Å². The molecule has 0 bridgehead atoms. The molecule has 3 heteroatoms. The van der Waals surface area contributed by atoms with E-state index in [4.69, 9.17) is 9.47 Å². The minimum absolute atomic E-state index is 0.114. The number of ether oxygens (including phenoxy) is 2. The molecule has 1 aromatic rings. The Hall–Kier alpha value is -1.22. The molecule has 1 unspecified atom stereocenters. The van der Waals surface area contributed by atoms with Gasteiger partial charge in [0.15, 0.2) is 11.5 Å². The zero-order valence-corrected chi connectivity index (χ0v) is 12.0. The van der Waals surface area contributed by atoms with Crippen molar-refractivity contribution in [3.63, 3.8) is 0 Å². The lowest BCUT2D eigenvalue weighted by Crippen LogP contribution is -2.30. The van der Waals surface area contributed by atoms with Gasteiger partial charge in [-0.2, -0.15) is 0 Å². The van der Waals surface area contributed by atoms with Crippen LogP contribution in [0.3, 0.4) is 0 Å². The summed E-state index contributed by atoms with van der Waals surface area (Å²) in [4.78, 5) is 0. The van der Waals surface area contributed by atoms with E-state index < -0.39 is 0 Å². The topological polar surface area (TPSA) is 30.5 Å². The molecule has 104 valence electrons. The van der Waals surface area contributed by atoms with E-state index in [1.807, 2.05) is 6.07 Å². The maximum atomic E-state index is 6.04. The van der Waals surface area contributed by atoms with Gasteiger partial charge in [0.1, 0.15) is 11.7 Å². The Morgan fingerprint density at radius 2 is 2.21 bits per heavy atom. The van der Waals surface area contributed by atoms with Gasteiger partial charge in [0.2, 0.25) is 0 Å². The summed E-state index contributed by atoms with van der Waals surface area (Å²) in [5, 5.41) is 3.49. The van der Waals surface area contributed by atoms with Crippen molar-refractivity contribution in [2.45, 2.75) is 57.8 Å². The normalized spacial score (nSPS) is 21.6. The number of nitrogens with one attached hydrogen (secondary N) is 1. The quantitative estimate of drug-likeness (QED) is 0.884. The Kier molecular flexibility index (Phi) is 3.17. The highest BCUT2D eigenvalue weighted by Gasteiger charge is 2.32. The highest BCUT2D eigenvalue weighted by Crippen LogP contribution is 2.42. The molecule has 0 aromatic heterocycles. The first-order valence-electron chi connectivity index (χ1n) is 7.24. The molecule has 1 aliphatic heterocycles. The first kappa shape index (κ1) is 12.8. The molecule has 3 rings (SSSR count). The van der Waals surface area contributed by atoms with E-state index >= 15 is 0 Å². The summed E-state index contributed by atoms with van der Waals surface area (Å²) in [5.74, 6) is 1.82. The van der Waals surface area contributed by atoms with Gasteiger partial charge in [0, 0.05) is 24.6 Å². The van der Waals surface area contributed by atoms with Crippen LogP contribution in [0.2, 0.25) is 0 Å². The van der Waals surface area contributed by atoms with Crippen LogP contribution >= 0.6 is 0 Å². The molecule has 0 spiro atoms. The smallest absolute Gasteiger partial charge is 0.165 e. The highest BCUT2D eigenvalue weighted by atomic mass is 16.5. The Morgan fingerprint density at radius 1 is 1.42 bits per heavy atom. The molecule has 1 atom stereocenters. The molecule has 1 saturated carbocycles. The maximum Gasteiger partial charge on any atom is 0.165 e. The molecular weight excluding hydrogens is 238 g/mol. The summed E-state index contributed by atoms with van der Waals surface area (Å²) < 4.78 is 12.1. The molecule has 1 N–H and O–H groups in total. The predicted molar refractivity (Wildman–Crippen MR) is 76.0 cm³/mol. The minimum atomic E-state index is -0.114. The Morgan fingerprint density at radius 3 is 2.95 bits per heavy atom. The Balaban J connectivity index is 1.66. The lowest BCUT2D eigenvalue weighted by molar-refractivity contribution is 0.126. The van der Waals surface area contributed by atoms with Crippen LogP contribution in [0.15, 0.2) is 18.2 Å². The molecule has 1 aromatic carbocycles. The second kappa shape index (κ2) is 4.71. The monoisotopic (exact) mass is 261 g/mol. The molecule has 0 radical (unpaired) electrons. The molecule has 0 saturated heterocycles. The summed E-state index contributed by atoms with van der Waals surface area (Å²) >= 11 is 0. The molecule has 1 aliphatic carbocycles. The fourth-order valence-corrected chi connectivity index (χ4v) is 2.56. The largest absolute Gasteiger partial charge is 0.485 e. The van der Waals surface area contributed by atoms with Gasteiger partial charge in [-0.05, 0) is 39.7 Å².